The average Bonchev–Trinajstić information content (AvgIpc) is 2.36. The molecule has 0 aromatic heterocycles. The van der Waals surface area contributed by atoms with E-state index in [0.29, 0.717) is 6.04 Å². The lowest BCUT2D eigenvalue weighted by Gasteiger charge is -2.36. The molecular formula is C14H28N2O. The van der Waals surface area contributed by atoms with Crippen LogP contribution in [0.4, 0.5) is 0 Å². The number of carbonyl (C=O) groups is 1. The highest BCUT2D eigenvalue weighted by Crippen LogP contribution is 2.29. The van der Waals surface area contributed by atoms with Gasteiger partial charge in [-0.05, 0) is 37.5 Å². The van der Waals surface area contributed by atoms with Gasteiger partial charge in [0.1, 0.15) is 0 Å². The number of rotatable bonds is 4. The Hall–Kier alpha value is -0.570. The van der Waals surface area contributed by atoms with E-state index in [1.807, 2.05) is 25.8 Å². The van der Waals surface area contributed by atoms with E-state index in [4.69, 9.17) is 5.73 Å². The van der Waals surface area contributed by atoms with Crippen LogP contribution in [0.1, 0.15) is 52.9 Å². The third-order valence-electron chi connectivity index (χ3n) is 4.29. The van der Waals surface area contributed by atoms with Crippen molar-refractivity contribution in [3.05, 3.63) is 0 Å². The number of likely N-dealkylation sites (N-methyl/N-ethyl adjacent to an activating group) is 1. The lowest BCUT2D eigenvalue weighted by molar-refractivity contribution is -0.135. The van der Waals surface area contributed by atoms with Gasteiger partial charge in [-0.15, -0.1) is 0 Å². The van der Waals surface area contributed by atoms with Crippen LogP contribution in [0.25, 0.3) is 0 Å². The maximum atomic E-state index is 12.1. The number of nitrogens with zero attached hydrogens (tertiary/aromatic N) is 1. The summed E-state index contributed by atoms with van der Waals surface area (Å²) in [7, 11) is 1.92. The van der Waals surface area contributed by atoms with Gasteiger partial charge in [0.05, 0.1) is 6.04 Å². The number of amides is 1. The zero-order chi connectivity index (χ0) is 13.0. The Kier molecular flexibility index (Phi) is 5.44. The van der Waals surface area contributed by atoms with E-state index < -0.39 is 0 Å². The van der Waals surface area contributed by atoms with Gasteiger partial charge in [-0.2, -0.15) is 0 Å². The molecule has 0 aliphatic heterocycles. The van der Waals surface area contributed by atoms with Crippen LogP contribution in [0.3, 0.4) is 0 Å². The van der Waals surface area contributed by atoms with E-state index in [-0.39, 0.29) is 17.9 Å². The van der Waals surface area contributed by atoms with Crippen molar-refractivity contribution in [2.24, 2.45) is 17.6 Å². The molecule has 1 amide bonds. The fraction of sp³-hybridized carbons (Fsp3) is 0.929. The monoisotopic (exact) mass is 240 g/mol. The summed E-state index contributed by atoms with van der Waals surface area (Å²) in [6.07, 6.45) is 6.08. The van der Waals surface area contributed by atoms with Gasteiger partial charge in [0.25, 0.3) is 0 Å². The van der Waals surface area contributed by atoms with Gasteiger partial charge >= 0.3 is 0 Å². The standard InChI is InChI=1S/C14H28N2O/c1-5-11-6-8-12(9-7-11)16(4)14(17)13(15)10(2)3/h10-13H,5-9,15H2,1-4H3/t11?,12?,13-/m0/s1. The summed E-state index contributed by atoms with van der Waals surface area (Å²) in [4.78, 5) is 14.0. The highest BCUT2D eigenvalue weighted by molar-refractivity contribution is 5.81. The molecule has 3 nitrogen and oxygen atoms in total. The molecule has 0 saturated heterocycles. The number of nitrogens with two attached hydrogens (primary N) is 1. The molecule has 1 aliphatic carbocycles. The molecule has 2 N–H and O–H groups in total. The summed E-state index contributed by atoms with van der Waals surface area (Å²) in [5, 5.41) is 0. The van der Waals surface area contributed by atoms with E-state index in [9.17, 15) is 4.79 Å². The largest absolute Gasteiger partial charge is 0.341 e. The van der Waals surface area contributed by atoms with Crippen LogP contribution in [-0.4, -0.2) is 29.9 Å². The summed E-state index contributed by atoms with van der Waals surface area (Å²) in [6.45, 7) is 6.27. The molecule has 0 aromatic rings. The minimum absolute atomic E-state index is 0.111. The summed E-state index contributed by atoms with van der Waals surface area (Å²) in [5.74, 6) is 1.20. The molecule has 17 heavy (non-hydrogen) atoms. The van der Waals surface area contributed by atoms with Crippen molar-refractivity contribution in [1.82, 2.24) is 4.90 Å². The molecule has 0 heterocycles. The van der Waals surface area contributed by atoms with E-state index in [2.05, 4.69) is 6.92 Å². The van der Waals surface area contributed by atoms with Gasteiger partial charge in [-0.1, -0.05) is 27.2 Å². The lowest BCUT2D eigenvalue weighted by atomic mass is 9.84. The van der Waals surface area contributed by atoms with Crippen molar-refractivity contribution < 1.29 is 4.79 Å². The SMILES string of the molecule is CCC1CCC(N(C)C(=O)[C@@H](N)C(C)C)CC1. The van der Waals surface area contributed by atoms with Crippen LogP contribution in [0.15, 0.2) is 0 Å². The summed E-state index contributed by atoms with van der Waals surface area (Å²) < 4.78 is 0. The van der Waals surface area contributed by atoms with Gasteiger partial charge in [0, 0.05) is 13.1 Å². The Morgan fingerprint density at radius 2 is 1.82 bits per heavy atom. The van der Waals surface area contributed by atoms with Crippen molar-refractivity contribution in [3.63, 3.8) is 0 Å². The molecule has 0 spiro atoms. The quantitative estimate of drug-likeness (QED) is 0.820. The summed E-state index contributed by atoms with van der Waals surface area (Å²) >= 11 is 0. The first-order valence-electron chi connectivity index (χ1n) is 6.99. The normalized spacial score (nSPS) is 26.9. The lowest BCUT2D eigenvalue weighted by Crippen LogP contribution is -2.49. The average molecular weight is 240 g/mol. The smallest absolute Gasteiger partial charge is 0.239 e. The Labute approximate surface area is 106 Å². The number of carbonyl (C=O) groups excluding carboxylic acids is 1. The second kappa shape index (κ2) is 6.39. The topological polar surface area (TPSA) is 46.3 Å². The van der Waals surface area contributed by atoms with Gasteiger partial charge in [-0.25, -0.2) is 0 Å². The predicted molar refractivity (Wildman–Crippen MR) is 71.6 cm³/mol. The van der Waals surface area contributed by atoms with Gasteiger partial charge in [0.2, 0.25) is 5.91 Å². The third kappa shape index (κ3) is 3.70. The minimum atomic E-state index is -0.344. The molecule has 1 atom stereocenters. The van der Waals surface area contributed by atoms with Crippen molar-refractivity contribution in [2.45, 2.75) is 65.0 Å². The second-order valence-electron chi connectivity index (χ2n) is 5.80. The molecule has 1 rings (SSSR count). The van der Waals surface area contributed by atoms with Crippen molar-refractivity contribution in [1.29, 1.82) is 0 Å². The minimum Gasteiger partial charge on any atom is -0.341 e. The fourth-order valence-corrected chi connectivity index (χ4v) is 2.64. The number of hydrogen-bond acceptors (Lipinski definition) is 2. The Morgan fingerprint density at radius 3 is 2.24 bits per heavy atom. The highest BCUT2D eigenvalue weighted by Gasteiger charge is 2.29. The van der Waals surface area contributed by atoms with Crippen LogP contribution in [0, 0.1) is 11.8 Å². The maximum Gasteiger partial charge on any atom is 0.239 e. The molecule has 1 saturated carbocycles. The van der Waals surface area contributed by atoms with Gasteiger partial charge in [-0.3, -0.25) is 4.79 Å². The number of hydrogen-bond donors (Lipinski definition) is 1. The van der Waals surface area contributed by atoms with Crippen LogP contribution < -0.4 is 5.73 Å². The van der Waals surface area contributed by atoms with Crippen LogP contribution >= 0.6 is 0 Å². The third-order valence-corrected chi connectivity index (χ3v) is 4.29. The van der Waals surface area contributed by atoms with Crippen molar-refractivity contribution >= 4 is 5.91 Å². The molecule has 1 fully saturated rings. The molecule has 0 radical (unpaired) electrons. The van der Waals surface area contributed by atoms with E-state index in [1.54, 1.807) is 0 Å². The molecular weight excluding hydrogens is 212 g/mol. The molecule has 100 valence electrons. The Balaban J connectivity index is 2.48. The van der Waals surface area contributed by atoms with E-state index in [1.165, 1.54) is 19.3 Å². The van der Waals surface area contributed by atoms with Crippen LogP contribution in [0.5, 0.6) is 0 Å². The van der Waals surface area contributed by atoms with E-state index >= 15 is 0 Å². The van der Waals surface area contributed by atoms with Gasteiger partial charge in [0.15, 0.2) is 0 Å². The summed E-state index contributed by atoms with van der Waals surface area (Å²) in [6, 6.07) is 0.0685. The van der Waals surface area contributed by atoms with Crippen molar-refractivity contribution in [2.75, 3.05) is 7.05 Å². The molecule has 1 aliphatic rings. The first kappa shape index (κ1) is 14.5. The second-order valence-corrected chi connectivity index (χ2v) is 5.80. The zero-order valence-electron chi connectivity index (χ0n) is 11.8. The molecule has 0 unspecified atom stereocenters. The first-order valence-corrected chi connectivity index (χ1v) is 6.99. The van der Waals surface area contributed by atoms with Crippen LogP contribution in [-0.2, 0) is 4.79 Å². The fourth-order valence-electron chi connectivity index (χ4n) is 2.64. The predicted octanol–water partition coefficient (Wildman–Crippen LogP) is 2.40. The van der Waals surface area contributed by atoms with Crippen molar-refractivity contribution in [3.8, 4) is 0 Å². The highest BCUT2D eigenvalue weighted by atomic mass is 16.2. The summed E-state index contributed by atoms with van der Waals surface area (Å²) in [5.41, 5.74) is 5.93. The maximum absolute atomic E-state index is 12.1. The molecule has 0 aromatic carbocycles. The Morgan fingerprint density at radius 1 is 1.29 bits per heavy atom. The van der Waals surface area contributed by atoms with Gasteiger partial charge < -0.3 is 10.6 Å². The Bertz CT molecular complexity index is 245. The van der Waals surface area contributed by atoms with E-state index in [0.717, 1.165) is 18.8 Å². The first-order chi connectivity index (χ1) is 7.97. The van der Waals surface area contributed by atoms with Crippen LogP contribution in [0.2, 0.25) is 0 Å². The molecule has 0 bridgehead atoms. The zero-order valence-corrected chi connectivity index (χ0v) is 11.8. The molecule has 3 heteroatoms.